The number of rotatable bonds is 7. The lowest BCUT2D eigenvalue weighted by molar-refractivity contribution is 0.101. The van der Waals surface area contributed by atoms with Crippen LogP contribution in [-0.2, 0) is 13.2 Å². The maximum Gasteiger partial charge on any atom is 0.278 e. The highest BCUT2D eigenvalue weighted by atomic mass is 35.5. The Bertz CT molecular complexity index is 1250. The molecule has 164 valence electrons. The molecule has 0 aliphatic rings. The molecule has 0 aliphatic carbocycles. The Morgan fingerprint density at radius 1 is 1.19 bits per heavy atom. The van der Waals surface area contributed by atoms with Crippen molar-refractivity contribution in [2.45, 2.75) is 20.1 Å². The van der Waals surface area contributed by atoms with E-state index in [-0.39, 0.29) is 23.1 Å². The van der Waals surface area contributed by atoms with E-state index in [2.05, 4.69) is 15.6 Å². The summed E-state index contributed by atoms with van der Waals surface area (Å²) in [5, 5.41) is 11.0. The number of halogens is 3. The molecule has 0 saturated heterocycles. The van der Waals surface area contributed by atoms with Gasteiger partial charge in [-0.15, -0.1) is 0 Å². The molecule has 1 amide bonds. The molecule has 32 heavy (non-hydrogen) atoms. The third-order valence-electron chi connectivity index (χ3n) is 4.64. The first-order valence-corrected chi connectivity index (χ1v) is 9.88. The molecule has 0 spiro atoms. The molecule has 0 saturated carbocycles. The van der Waals surface area contributed by atoms with Gasteiger partial charge in [0.15, 0.2) is 5.69 Å². The molecule has 0 atom stereocenters. The molecule has 2 aromatic carbocycles. The Kier molecular flexibility index (Phi) is 6.18. The molecule has 0 bridgehead atoms. The van der Waals surface area contributed by atoms with E-state index in [0.29, 0.717) is 34.9 Å². The normalized spacial score (nSPS) is 10.9. The van der Waals surface area contributed by atoms with E-state index in [1.165, 1.54) is 42.6 Å². The number of aryl methyl sites for hydroxylation is 1. The van der Waals surface area contributed by atoms with Gasteiger partial charge in [0.25, 0.3) is 5.91 Å². The molecule has 4 rings (SSSR count). The van der Waals surface area contributed by atoms with Crippen molar-refractivity contribution in [2.75, 3.05) is 5.32 Å². The van der Waals surface area contributed by atoms with E-state index >= 15 is 0 Å². The average molecular weight is 459 g/mol. The van der Waals surface area contributed by atoms with Gasteiger partial charge in [0.2, 0.25) is 0 Å². The van der Waals surface area contributed by atoms with Crippen molar-refractivity contribution >= 4 is 23.2 Å². The zero-order chi connectivity index (χ0) is 22.7. The third kappa shape index (κ3) is 4.94. The largest absolute Gasteiger partial charge is 0.489 e. The number of ether oxygens (including phenoxy) is 1. The highest BCUT2D eigenvalue weighted by Gasteiger charge is 2.21. The first-order chi connectivity index (χ1) is 15.4. The summed E-state index contributed by atoms with van der Waals surface area (Å²) in [6.45, 7) is 1.98. The number of benzene rings is 2. The van der Waals surface area contributed by atoms with Gasteiger partial charge in [0, 0.05) is 11.2 Å². The second kappa shape index (κ2) is 9.19. The molecule has 0 aliphatic heterocycles. The Hall–Kier alpha value is -3.72. The molecule has 0 radical (unpaired) electrons. The molecule has 1 N–H and O–H groups in total. The Labute approximate surface area is 186 Å². The summed E-state index contributed by atoms with van der Waals surface area (Å²) in [6, 6.07) is 9.64. The fraction of sp³-hybridized carbons (Fsp3) is 0.136. The predicted octanol–water partition coefficient (Wildman–Crippen LogP) is 4.99. The van der Waals surface area contributed by atoms with Gasteiger partial charge in [-0.1, -0.05) is 22.8 Å². The lowest BCUT2D eigenvalue weighted by Gasteiger charge is -2.07. The lowest BCUT2D eigenvalue weighted by Crippen LogP contribution is -2.15. The number of carbonyl (C=O) groups excluding carboxylic acids is 1. The summed E-state index contributed by atoms with van der Waals surface area (Å²) in [5.41, 5.74) is 1.65. The fourth-order valence-corrected chi connectivity index (χ4v) is 3.18. The van der Waals surface area contributed by atoms with Crippen molar-refractivity contribution in [3.05, 3.63) is 94.1 Å². The maximum absolute atomic E-state index is 13.2. The van der Waals surface area contributed by atoms with Crippen LogP contribution in [0.15, 0.2) is 59.4 Å². The third-order valence-corrected chi connectivity index (χ3v) is 4.99. The van der Waals surface area contributed by atoms with E-state index in [9.17, 15) is 13.6 Å². The predicted molar refractivity (Wildman–Crippen MR) is 113 cm³/mol. The van der Waals surface area contributed by atoms with Crippen LogP contribution in [0.2, 0.25) is 5.02 Å². The summed E-state index contributed by atoms with van der Waals surface area (Å²) >= 11 is 6.05. The van der Waals surface area contributed by atoms with Crippen LogP contribution in [0.5, 0.6) is 5.75 Å². The van der Waals surface area contributed by atoms with Crippen molar-refractivity contribution in [1.82, 2.24) is 14.9 Å². The quantitative estimate of drug-likeness (QED) is 0.422. The summed E-state index contributed by atoms with van der Waals surface area (Å²) in [6.07, 6.45) is 3.08. The van der Waals surface area contributed by atoms with Gasteiger partial charge in [-0.3, -0.25) is 9.48 Å². The molecule has 4 aromatic rings. The summed E-state index contributed by atoms with van der Waals surface area (Å²) in [4.78, 5) is 12.7. The van der Waals surface area contributed by atoms with Crippen LogP contribution in [0.4, 0.5) is 14.5 Å². The van der Waals surface area contributed by atoms with Crippen LogP contribution in [-0.4, -0.2) is 20.8 Å². The molecule has 2 aromatic heterocycles. The van der Waals surface area contributed by atoms with Crippen molar-refractivity contribution in [3.8, 4) is 5.75 Å². The van der Waals surface area contributed by atoms with Crippen LogP contribution >= 0.6 is 11.6 Å². The SMILES string of the molecule is Cc1onc(C(=O)Nc2cnn(Cc3ccc(F)cc3Cl)c2)c1COc1ccc(F)cc1. The van der Waals surface area contributed by atoms with Gasteiger partial charge in [0.1, 0.15) is 29.8 Å². The molecular weight excluding hydrogens is 442 g/mol. The van der Waals surface area contributed by atoms with E-state index < -0.39 is 11.7 Å². The number of hydrogen-bond donors (Lipinski definition) is 1. The van der Waals surface area contributed by atoms with Crippen molar-refractivity contribution in [1.29, 1.82) is 0 Å². The van der Waals surface area contributed by atoms with E-state index in [1.807, 2.05) is 0 Å². The molecule has 2 heterocycles. The number of carbonyl (C=O) groups is 1. The second-order valence-electron chi connectivity index (χ2n) is 6.92. The minimum Gasteiger partial charge on any atom is -0.489 e. The molecule has 10 heteroatoms. The zero-order valence-electron chi connectivity index (χ0n) is 16.8. The van der Waals surface area contributed by atoms with Crippen LogP contribution in [0.3, 0.4) is 0 Å². The summed E-state index contributed by atoms with van der Waals surface area (Å²) in [5.74, 6) is -0.424. The smallest absolute Gasteiger partial charge is 0.278 e. The Morgan fingerprint density at radius 2 is 1.94 bits per heavy atom. The number of nitrogens with zero attached hydrogens (tertiary/aromatic N) is 3. The first kappa shape index (κ1) is 21.5. The van der Waals surface area contributed by atoms with Crippen molar-refractivity contribution < 1.29 is 22.8 Å². The van der Waals surface area contributed by atoms with Gasteiger partial charge in [0.05, 0.1) is 24.0 Å². The van der Waals surface area contributed by atoms with E-state index in [0.717, 1.165) is 0 Å². The summed E-state index contributed by atoms with van der Waals surface area (Å²) < 4.78 is 38.6. The topological polar surface area (TPSA) is 82.2 Å². The van der Waals surface area contributed by atoms with Crippen LogP contribution in [0.1, 0.15) is 27.4 Å². The molecular formula is C22H17ClF2N4O3. The Balaban J connectivity index is 1.42. The van der Waals surface area contributed by atoms with E-state index in [4.69, 9.17) is 20.9 Å². The number of anilines is 1. The van der Waals surface area contributed by atoms with Crippen LogP contribution < -0.4 is 10.1 Å². The zero-order valence-corrected chi connectivity index (χ0v) is 17.6. The molecule has 7 nitrogen and oxygen atoms in total. The highest BCUT2D eigenvalue weighted by molar-refractivity contribution is 6.31. The van der Waals surface area contributed by atoms with Gasteiger partial charge in [-0.2, -0.15) is 5.10 Å². The minimum atomic E-state index is -0.501. The van der Waals surface area contributed by atoms with Gasteiger partial charge in [-0.05, 0) is 48.9 Å². The first-order valence-electron chi connectivity index (χ1n) is 9.50. The summed E-state index contributed by atoms with van der Waals surface area (Å²) in [7, 11) is 0. The minimum absolute atomic E-state index is 0.0199. The maximum atomic E-state index is 13.2. The van der Waals surface area contributed by atoms with Crippen LogP contribution in [0, 0.1) is 18.6 Å². The highest BCUT2D eigenvalue weighted by Crippen LogP contribution is 2.21. The number of nitrogens with one attached hydrogen (secondary N) is 1. The second-order valence-corrected chi connectivity index (χ2v) is 7.33. The lowest BCUT2D eigenvalue weighted by atomic mass is 10.2. The van der Waals surface area contributed by atoms with Gasteiger partial charge in [-0.25, -0.2) is 8.78 Å². The van der Waals surface area contributed by atoms with Crippen molar-refractivity contribution in [2.24, 2.45) is 0 Å². The fourth-order valence-electron chi connectivity index (χ4n) is 2.96. The number of hydrogen-bond acceptors (Lipinski definition) is 5. The van der Waals surface area contributed by atoms with E-state index in [1.54, 1.807) is 23.9 Å². The van der Waals surface area contributed by atoms with Gasteiger partial charge >= 0.3 is 0 Å². The molecule has 0 unspecified atom stereocenters. The van der Waals surface area contributed by atoms with Crippen molar-refractivity contribution in [3.63, 3.8) is 0 Å². The standard InChI is InChI=1S/C22H17ClF2N4O3/c1-13-19(12-31-18-6-4-15(24)5-7-18)21(28-32-13)22(30)27-17-9-26-29(11-17)10-14-2-3-16(25)8-20(14)23/h2-9,11H,10,12H2,1H3,(H,27,30). The average Bonchev–Trinajstić information content (AvgIpc) is 3.36. The van der Waals surface area contributed by atoms with Crippen LogP contribution in [0.25, 0.3) is 0 Å². The molecule has 0 fully saturated rings. The number of aromatic nitrogens is 3. The Morgan fingerprint density at radius 3 is 2.69 bits per heavy atom. The number of amides is 1. The monoisotopic (exact) mass is 458 g/mol. The van der Waals surface area contributed by atoms with Gasteiger partial charge < -0.3 is 14.6 Å².